The van der Waals surface area contributed by atoms with E-state index in [9.17, 15) is 4.79 Å². The summed E-state index contributed by atoms with van der Waals surface area (Å²) in [6.45, 7) is 2.82. The van der Waals surface area contributed by atoms with Crippen LogP contribution in [0.25, 0.3) is 10.9 Å². The van der Waals surface area contributed by atoms with Crippen molar-refractivity contribution < 1.29 is 9.53 Å². The maximum absolute atomic E-state index is 11.8. The molecule has 0 saturated carbocycles. The summed E-state index contributed by atoms with van der Waals surface area (Å²) < 4.78 is 5.21. The van der Waals surface area contributed by atoms with E-state index in [1.807, 2.05) is 61.5 Å². The normalized spacial score (nSPS) is 11.7. The zero-order valence-electron chi connectivity index (χ0n) is 15.3. The van der Waals surface area contributed by atoms with Gasteiger partial charge in [0.2, 0.25) is 0 Å². The molecule has 3 rings (SSSR count). The Morgan fingerprint density at radius 1 is 1.15 bits per heavy atom. The number of carbonyl (C=O) groups excluding carboxylic acids is 1. The zero-order valence-corrected chi connectivity index (χ0v) is 15.3. The molecule has 1 heterocycles. The number of nitrogens with zero attached hydrogens (tertiary/aromatic N) is 1. The smallest absolute Gasteiger partial charge is 0.407 e. The predicted molar refractivity (Wildman–Crippen MR) is 108 cm³/mol. The minimum atomic E-state index is -0.417. The molecule has 0 unspecified atom stereocenters. The molecular weight excluding hydrogens is 340 g/mol. The van der Waals surface area contributed by atoms with E-state index in [1.54, 1.807) is 6.20 Å². The summed E-state index contributed by atoms with van der Waals surface area (Å²) in [7, 11) is 0. The molecule has 6 heteroatoms. The molecule has 1 aromatic heterocycles. The molecule has 0 aliphatic heterocycles. The quantitative estimate of drug-likeness (QED) is 0.591. The van der Waals surface area contributed by atoms with Crippen LogP contribution in [0.5, 0.6) is 0 Å². The number of pyridine rings is 1. The van der Waals surface area contributed by atoms with Crippen molar-refractivity contribution in [3.63, 3.8) is 0 Å². The van der Waals surface area contributed by atoms with Gasteiger partial charge in [0, 0.05) is 18.0 Å². The van der Waals surface area contributed by atoms with Crippen molar-refractivity contribution in [2.24, 2.45) is 0 Å². The van der Waals surface area contributed by atoms with Gasteiger partial charge >= 0.3 is 6.09 Å². The van der Waals surface area contributed by atoms with Gasteiger partial charge in [-0.15, -0.1) is 0 Å². The summed E-state index contributed by atoms with van der Waals surface area (Å²) in [4.78, 5) is 16.1. The lowest BCUT2D eigenvalue weighted by atomic mass is 10.1. The third kappa shape index (κ3) is 5.10. The molecule has 6 nitrogen and oxygen atoms in total. The average Bonchev–Trinajstić information content (AvgIpc) is 2.69. The van der Waals surface area contributed by atoms with Crippen LogP contribution in [0.2, 0.25) is 0 Å². The Morgan fingerprint density at radius 3 is 2.70 bits per heavy atom. The third-order valence-corrected chi connectivity index (χ3v) is 4.25. The summed E-state index contributed by atoms with van der Waals surface area (Å²) in [5.41, 5.74) is 9.43. The highest BCUT2D eigenvalue weighted by atomic mass is 16.5. The number of nitrogen functional groups attached to an aromatic ring is 1. The lowest BCUT2D eigenvalue weighted by Crippen LogP contribution is -2.29. The minimum absolute atomic E-state index is 0.118. The van der Waals surface area contributed by atoms with Crippen LogP contribution < -0.4 is 16.4 Å². The number of fused-ring (bicyclic) bond motifs is 1. The van der Waals surface area contributed by atoms with Gasteiger partial charge in [-0.1, -0.05) is 48.5 Å². The molecule has 1 amide bonds. The van der Waals surface area contributed by atoms with E-state index in [4.69, 9.17) is 10.5 Å². The predicted octanol–water partition coefficient (Wildman–Crippen LogP) is 3.93. The first-order valence-electron chi connectivity index (χ1n) is 8.98. The van der Waals surface area contributed by atoms with Crippen LogP contribution in [0.4, 0.5) is 16.2 Å². The minimum Gasteiger partial charge on any atom is -0.445 e. The molecule has 0 radical (unpaired) electrons. The number of para-hydroxylation sites is 1. The Balaban J connectivity index is 1.47. The van der Waals surface area contributed by atoms with Crippen LogP contribution in [0.15, 0.2) is 60.8 Å². The van der Waals surface area contributed by atoms with E-state index >= 15 is 0 Å². The van der Waals surface area contributed by atoms with E-state index in [-0.39, 0.29) is 12.6 Å². The molecule has 2 aromatic carbocycles. The Hall–Kier alpha value is -3.28. The van der Waals surface area contributed by atoms with Crippen molar-refractivity contribution in [1.82, 2.24) is 10.3 Å². The molecule has 4 N–H and O–H groups in total. The van der Waals surface area contributed by atoms with Gasteiger partial charge in [0.1, 0.15) is 6.61 Å². The largest absolute Gasteiger partial charge is 0.445 e. The molecule has 3 aromatic rings. The number of anilines is 2. The second-order valence-electron chi connectivity index (χ2n) is 6.43. The van der Waals surface area contributed by atoms with Crippen molar-refractivity contribution in [1.29, 1.82) is 0 Å². The Bertz CT molecular complexity index is 899. The van der Waals surface area contributed by atoms with Gasteiger partial charge in [-0.25, -0.2) is 4.79 Å². The topological polar surface area (TPSA) is 89.3 Å². The number of benzene rings is 2. The van der Waals surface area contributed by atoms with E-state index in [1.165, 1.54) is 0 Å². The van der Waals surface area contributed by atoms with Crippen molar-refractivity contribution in [2.75, 3.05) is 17.6 Å². The lowest BCUT2D eigenvalue weighted by molar-refractivity contribution is 0.139. The molecule has 0 bridgehead atoms. The van der Waals surface area contributed by atoms with E-state index < -0.39 is 6.09 Å². The number of hydrogen-bond acceptors (Lipinski definition) is 5. The number of hydrogen-bond donors (Lipinski definition) is 3. The van der Waals surface area contributed by atoms with Gasteiger partial charge < -0.3 is 21.1 Å². The van der Waals surface area contributed by atoms with Crippen LogP contribution in [0, 0.1) is 0 Å². The highest BCUT2D eigenvalue weighted by Gasteiger charge is 2.10. The van der Waals surface area contributed by atoms with E-state index in [2.05, 4.69) is 15.6 Å². The van der Waals surface area contributed by atoms with Gasteiger partial charge in [0.15, 0.2) is 0 Å². The van der Waals surface area contributed by atoms with Gasteiger partial charge in [-0.05, 0) is 25.0 Å². The molecule has 1 atom stereocenters. The van der Waals surface area contributed by atoms with Gasteiger partial charge in [-0.3, -0.25) is 4.98 Å². The first-order chi connectivity index (χ1) is 13.1. The first-order valence-corrected chi connectivity index (χ1v) is 8.98. The fraction of sp³-hybridized carbons (Fsp3) is 0.238. The van der Waals surface area contributed by atoms with Crippen molar-refractivity contribution in [2.45, 2.75) is 26.0 Å². The summed E-state index contributed by atoms with van der Waals surface area (Å²) in [6.07, 6.45) is 1.98. The molecule has 0 spiro atoms. The Morgan fingerprint density at radius 2 is 1.89 bits per heavy atom. The van der Waals surface area contributed by atoms with Gasteiger partial charge in [-0.2, -0.15) is 0 Å². The molecule has 0 aliphatic carbocycles. The fourth-order valence-corrected chi connectivity index (χ4v) is 2.80. The molecule has 0 fully saturated rings. The van der Waals surface area contributed by atoms with Gasteiger partial charge in [0.25, 0.3) is 0 Å². The number of nitrogens with two attached hydrogens (primary N) is 1. The van der Waals surface area contributed by atoms with Crippen molar-refractivity contribution >= 4 is 28.4 Å². The number of nitrogens with one attached hydrogen (secondary N) is 2. The standard InChI is InChI=1S/C21H24N4O2/c1-15(11-12-23-21(26)27-14-16-7-3-2-4-8-16)25-20-17-9-5-6-10-19(17)24-13-18(20)22/h2-10,13,15H,11-12,14,22H2,1H3,(H,23,26)(H,24,25)/t15-/m1/s1. The van der Waals surface area contributed by atoms with E-state index in [0.29, 0.717) is 12.2 Å². The fourth-order valence-electron chi connectivity index (χ4n) is 2.80. The Kier molecular flexibility index (Phi) is 6.10. The first kappa shape index (κ1) is 18.5. The molecule has 0 aliphatic rings. The van der Waals surface area contributed by atoms with Crippen LogP contribution in [0.1, 0.15) is 18.9 Å². The van der Waals surface area contributed by atoms with Crippen LogP contribution in [-0.2, 0) is 11.3 Å². The maximum atomic E-state index is 11.8. The van der Waals surface area contributed by atoms with Crippen molar-refractivity contribution in [3.8, 4) is 0 Å². The summed E-state index contributed by atoms with van der Waals surface area (Å²) in [5, 5.41) is 7.19. The van der Waals surface area contributed by atoms with Crippen molar-refractivity contribution in [3.05, 3.63) is 66.4 Å². The zero-order chi connectivity index (χ0) is 19.1. The van der Waals surface area contributed by atoms with Gasteiger partial charge in [0.05, 0.1) is 23.1 Å². The number of alkyl carbamates (subject to hydrolysis) is 1. The summed E-state index contributed by atoms with van der Waals surface area (Å²) in [5.74, 6) is 0. The molecular formula is C21H24N4O2. The molecule has 140 valence electrons. The summed E-state index contributed by atoms with van der Waals surface area (Å²) >= 11 is 0. The SMILES string of the molecule is C[C@H](CCNC(=O)OCc1ccccc1)Nc1c(N)cnc2ccccc12. The molecule has 27 heavy (non-hydrogen) atoms. The van der Waals surface area contributed by atoms with Crippen LogP contribution in [-0.4, -0.2) is 23.7 Å². The summed E-state index contributed by atoms with van der Waals surface area (Å²) in [6, 6.07) is 17.6. The number of rotatable bonds is 7. The Labute approximate surface area is 158 Å². The monoisotopic (exact) mass is 364 g/mol. The van der Waals surface area contributed by atoms with Crippen LogP contribution >= 0.6 is 0 Å². The van der Waals surface area contributed by atoms with E-state index in [0.717, 1.165) is 28.6 Å². The highest BCUT2D eigenvalue weighted by molar-refractivity contribution is 5.96. The number of amides is 1. The third-order valence-electron chi connectivity index (χ3n) is 4.25. The van der Waals surface area contributed by atoms with Crippen LogP contribution in [0.3, 0.4) is 0 Å². The second-order valence-corrected chi connectivity index (χ2v) is 6.43. The maximum Gasteiger partial charge on any atom is 0.407 e. The number of carbonyl (C=O) groups is 1. The highest BCUT2D eigenvalue weighted by Crippen LogP contribution is 2.28. The number of aromatic nitrogens is 1. The average molecular weight is 364 g/mol. The lowest BCUT2D eigenvalue weighted by Gasteiger charge is -2.18. The number of ether oxygens (including phenoxy) is 1. The second kappa shape index (κ2) is 8.89. The molecule has 0 saturated heterocycles.